The van der Waals surface area contributed by atoms with Crippen LogP contribution in [0.3, 0.4) is 0 Å². The molecule has 3 heterocycles. The third-order valence-corrected chi connectivity index (χ3v) is 6.76. The van der Waals surface area contributed by atoms with Gasteiger partial charge >= 0.3 is 12.1 Å². The molecule has 0 radical (unpaired) electrons. The second kappa shape index (κ2) is 9.20. The number of likely N-dealkylation sites (tertiary alicyclic amines) is 1. The number of carbonyl (C=O) groups is 2. The molecular weight excluding hydrogens is 490 g/mol. The zero-order valence-electron chi connectivity index (χ0n) is 20.2. The molecule has 0 spiro atoms. The van der Waals surface area contributed by atoms with E-state index in [1.165, 1.54) is 0 Å². The number of aromatic nitrogens is 3. The number of para-hydroxylation sites is 1. The van der Waals surface area contributed by atoms with E-state index >= 15 is 0 Å². The Labute approximate surface area is 209 Å². The smallest absolute Gasteiger partial charge is 0.344 e. The van der Waals surface area contributed by atoms with Gasteiger partial charge in [0.15, 0.2) is 5.82 Å². The zero-order chi connectivity index (χ0) is 26.5. The molecule has 2 atom stereocenters. The van der Waals surface area contributed by atoms with Gasteiger partial charge in [0.25, 0.3) is 5.91 Å². The molecule has 5 rings (SSSR count). The highest BCUT2D eigenvalue weighted by Crippen LogP contribution is 2.30. The van der Waals surface area contributed by atoms with E-state index in [1.807, 2.05) is 35.9 Å². The maximum Gasteiger partial charge on any atom is 0.471 e. The van der Waals surface area contributed by atoms with Gasteiger partial charge in [-0.05, 0) is 37.3 Å². The van der Waals surface area contributed by atoms with Crippen molar-refractivity contribution in [3.63, 3.8) is 0 Å². The van der Waals surface area contributed by atoms with Gasteiger partial charge in [-0.1, -0.05) is 18.2 Å². The molecule has 1 fully saturated rings. The number of nitrogens with zero attached hydrogens (tertiary/aromatic N) is 4. The number of hydrogen-bond donors (Lipinski definition) is 1. The van der Waals surface area contributed by atoms with Crippen LogP contribution in [0.15, 0.2) is 48.5 Å². The van der Waals surface area contributed by atoms with Crippen LogP contribution in [0, 0.1) is 0 Å². The molecule has 1 aliphatic heterocycles. The summed E-state index contributed by atoms with van der Waals surface area (Å²) in [5.41, 5.74) is 3.60. The highest BCUT2D eigenvalue weighted by atomic mass is 19.4. The lowest BCUT2D eigenvalue weighted by molar-refractivity contribution is -0.174. The first-order valence-electron chi connectivity index (χ1n) is 11.9. The van der Waals surface area contributed by atoms with Crippen molar-refractivity contribution >= 4 is 33.8 Å². The number of alkyl halides is 4. The molecule has 1 saturated heterocycles. The lowest BCUT2D eigenvalue weighted by Gasteiger charge is -2.35. The van der Waals surface area contributed by atoms with E-state index < -0.39 is 30.2 Å². The predicted molar refractivity (Wildman–Crippen MR) is 131 cm³/mol. The highest BCUT2D eigenvalue weighted by molar-refractivity contribution is 5.98. The van der Waals surface area contributed by atoms with Crippen molar-refractivity contribution in [3.05, 3.63) is 54.1 Å². The average molecular weight is 516 g/mol. The molecule has 2 amide bonds. The number of imidazole rings is 1. The Bertz CT molecular complexity index is 1510. The van der Waals surface area contributed by atoms with Gasteiger partial charge in [0, 0.05) is 49.1 Å². The maximum atomic E-state index is 14.3. The Morgan fingerprint density at radius 3 is 2.57 bits per heavy atom. The number of amides is 2. The van der Waals surface area contributed by atoms with Crippen molar-refractivity contribution < 1.29 is 27.2 Å². The van der Waals surface area contributed by atoms with Crippen LogP contribution >= 0.6 is 0 Å². The zero-order valence-corrected chi connectivity index (χ0v) is 20.2. The van der Waals surface area contributed by atoms with Crippen LogP contribution in [-0.2, 0) is 18.4 Å². The fourth-order valence-electron chi connectivity index (χ4n) is 5.06. The number of nitrogens with one attached hydrogen (secondary N) is 1. The number of aryl methyl sites for hydroxylation is 2. The Morgan fingerprint density at radius 1 is 1.08 bits per heavy atom. The number of benzene rings is 2. The van der Waals surface area contributed by atoms with Gasteiger partial charge < -0.3 is 19.4 Å². The first-order chi connectivity index (χ1) is 17.6. The molecular formula is C26H25F4N5O2. The van der Waals surface area contributed by atoms with Crippen LogP contribution < -0.4 is 5.32 Å². The van der Waals surface area contributed by atoms with Crippen molar-refractivity contribution in [3.8, 4) is 11.5 Å². The average Bonchev–Trinajstić information content (AvgIpc) is 3.39. The summed E-state index contributed by atoms with van der Waals surface area (Å²) in [6.07, 6.45) is -6.93. The van der Waals surface area contributed by atoms with E-state index in [-0.39, 0.29) is 25.1 Å². The van der Waals surface area contributed by atoms with E-state index in [0.29, 0.717) is 5.52 Å². The molecule has 2 aromatic heterocycles. The van der Waals surface area contributed by atoms with Crippen LogP contribution in [0.5, 0.6) is 0 Å². The topological polar surface area (TPSA) is 72.2 Å². The Balaban J connectivity index is 1.44. The van der Waals surface area contributed by atoms with Crippen molar-refractivity contribution in [2.45, 2.75) is 38.3 Å². The summed E-state index contributed by atoms with van der Waals surface area (Å²) in [6.45, 7) is 2.31. The van der Waals surface area contributed by atoms with Gasteiger partial charge in [-0.15, -0.1) is 0 Å². The van der Waals surface area contributed by atoms with Gasteiger partial charge in [0.1, 0.15) is 6.17 Å². The quantitative estimate of drug-likeness (QED) is 0.409. The Hall–Kier alpha value is -3.89. The van der Waals surface area contributed by atoms with E-state index in [1.54, 1.807) is 23.5 Å². The molecule has 11 heteroatoms. The van der Waals surface area contributed by atoms with Crippen LogP contribution in [0.1, 0.15) is 23.7 Å². The summed E-state index contributed by atoms with van der Waals surface area (Å²) in [7, 11) is 1.89. The maximum absolute atomic E-state index is 14.3. The monoisotopic (exact) mass is 515 g/mol. The third kappa shape index (κ3) is 4.54. The summed E-state index contributed by atoms with van der Waals surface area (Å²) in [5.74, 6) is -1.97. The molecule has 194 valence electrons. The minimum atomic E-state index is -5.08. The number of carbonyl (C=O) groups excluding carboxylic acids is 2. The summed E-state index contributed by atoms with van der Waals surface area (Å²) in [5, 5.41) is 2.87. The normalized spacial score (nSPS) is 18.5. The van der Waals surface area contributed by atoms with Crippen LogP contribution in [-0.4, -0.2) is 62.3 Å². The van der Waals surface area contributed by atoms with Crippen molar-refractivity contribution in [2.24, 2.45) is 7.05 Å². The summed E-state index contributed by atoms with van der Waals surface area (Å²) in [6, 6.07) is 13.9. The number of fused-ring (bicyclic) bond motifs is 2. The summed E-state index contributed by atoms with van der Waals surface area (Å²) in [4.78, 5) is 30.4. The van der Waals surface area contributed by atoms with Gasteiger partial charge in [0.05, 0.1) is 23.3 Å². The fraction of sp³-hybridized carbons (Fsp3) is 0.346. The molecule has 2 unspecified atom stereocenters. The standard InChI is InChI=1S/C26H25F4N5O2/c1-3-35-20-7-5-4-6-15(20)11-22(35)23-32-19-10-16(8-9-21(19)33(23)2)24(36)34-13-17(27)12-18(14-34)31-25(37)26(28,29)30/h4-11,17-18H,3,12-14H2,1-2H3,(H,31,37). The van der Waals surface area contributed by atoms with Crippen LogP contribution in [0.4, 0.5) is 17.6 Å². The molecule has 1 aliphatic rings. The fourth-order valence-corrected chi connectivity index (χ4v) is 5.06. The molecule has 1 N–H and O–H groups in total. The minimum absolute atomic E-state index is 0.219. The van der Waals surface area contributed by atoms with E-state index in [4.69, 9.17) is 4.98 Å². The van der Waals surface area contributed by atoms with E-state index in [0.717, 1.165) is 39.4 Å². The Kier molecular flexibility index (Phi) is 6.17. The van der Waals surface area contributed by atoms with E-state index in [9.17, 15) is 27.2 Å². The molecule has 0 aliphatic carbocycles. The van der Waals surface area contributed by atoms with Gasteiger partial charge in [-0.25, -0.2) is 9.37 Å². The Morgan fingerprint density at radius 2 is 1.84 bits per heavy atom. The van der Waals surface area contributed by atoms with Gasteiger partial charge in [0.2, 0.25) is 0 Å². The number of rotatable bonds is 4. The first kappa shape index (κ1) is 24.8. The summed E-state index contributed by atoms with van der Waals surface area (Å²) >= 11 is 0. The second-order valence-electron chi connectivity index (χ2n) is 9.24. The number of halogens is 4. The van der Waals surface area contributed by atoms with Crippen molar-refractivity contribution in [1.82, 2.24) is 24.3 Å². The number of hydrogen-bond acceptors (Lipinski definition) is 3. The SMILES string of the molecule is CCn1c(-c2nc3cc(C(=O)N4CC(F)CC(NC(=O)C(F)(F)F)C4)ccc3n2C)cc2ccccc21. The molecule has 37 heavy (non-hydrogen) atoms. The minimum Gasteiger partial charge on any atom is -0.344 e. The lowest BCUT2D eigenvalue weighted by Crippen LogP contribution is -2.55. The van der Waals surface area contributed by atoms with Gasteiger partial charge in [-0.2, -0.15) is 13.2 Å². The lowest BCUT2D eigenvalue weighted by atomic mass is 10.0. The first-order valence-corrected chi connectivity index (χ1v) is 11.9. The largest absolute Gasteiger partial charge is 0.471 e. The van der Waals surface area contributed by atoms with Crippen molar-refractivity contribution in [2.75, 3.05) is 13.1 Å². The molecule has 0 bridgehead atoms. The van der Waals surface area contributed by atoms with Crippen LogP contribution in [0.25, 0.3) is 33.5 Å². The molecule has 7 nitrogen and oxygen atoms in total. The second-order valence-corrected chi connectivity index (χ2v) is 9.24. The van der Waals surface area contributed by atoms with E-state index in [2.05, 4.69) is 17.6 Å². The molecule has 4 aromatic rings. The number of piperidine rings is 1. The highest BCUT2D eigenvalue weighted by Gasteiger charge is 2.41. The van der Waals surface area contributed by atoms with Crippen molar-refractivity contribution in [1.29, 1.82) is 0 Å². The third-order valence-electron chi connectivity index (χ3n) is 6.76. The summed E-state index contributed by atoms with van der Waals surface area (Å²) < 4.78 is 56.3. The molecule has 2 aromatic carbocycles. The van der Waals surface area contributed by atoms with Crippen LogP contribution in [0.2, 0.25) is 0 Å². The molecule has 0 saturated carbocycles. The predicted octanol–water partition coefficient (Wildman–Crippen LogP) is 4.45. The van der Waals surface area contributed by atoms with Gasteiger partial charge in [-0.3, -0.25) is 9.59 Å².